The van der Waals surface area contributed by atoms with Crippen molar-refractivity contribution in [2.75, 3.05) is 19.7 Å². The Morgan fingerprint density at radius 2 is 2.19 bits per heavy atom. The van der Waals surface area contributed by atoms with Crippen LogP contribution in [0.2, 0.25) is 0 Å². The zero-order valence-electron chi connectivity index (χ0n) is 10.6. The quantitative estimate of drug-likeness (QED) is 0.778. The van der Waals surface area contributed by atoms with E-state index < -0.39 is 0 Å². The Morgan fingerprint density at radius 1 is 1.38 bits per heavy atom. The average molecular weight is 227 g/mol. The van der Waals surface area contributed by atoms with Gasteiger partial charge in [0.1, 0.15) is 0 Å². The van der Waals surface area contributed by atoms with Gasteiger partial charge in [0.2, 0.25) is 0 Å². The fourth-order valence-corrected chi connectivity index (χ4v) is 3.02. The van der Waals surface area contributed by atoms with Gasteiger partial charge < -0.3 is 9.84 Å². The van der Waals surface area contributed by atoms with Gasteiger partial charge in [0.15, 0.2) is 0 Å². The summed E-state index contributed by atoms with van der Waals surface area (Å²) < 4.78 is 5.69. The second-order valence-corrected chi connectivity index (χ2v) is 5.45. The first kappa shape index (κ1) is 12.3. The standard InChI is InChI=1S/C13H25NO2/c1-3-11-9-14(6-7-16-11)12-8-10(2)4-5-13(12)15/h10-13,15H,3-9H2,1-2H3. The van der Waals surface area contributed by atoms with E-state index in [9.17, 15) is 5.11 Å². The van der Waals surface area contributed by atoms with Crippen molar-refractivity contribution in [2.24, 2.45) is 5.92 Å². The van der Waals surface area contributed by atoms with Crippen molar-refractivity contribution in [1.29, 1.82) is 0 Å². The van der Waals surface area contributed by atoms with Crippen LogP contribution in [0, 0.1) is 5.92 Å². The maximum Gasteiger partial charge on any atom is 0.0700 e. The van der Waals surface area contributed by atoms with Crippen LogP contribution in [0.1, 0.15) is 39.5 Å². The molecule has 3 nitrogen and oxygen atoms in total. The van der Waals surface area contributed by atoms with Crippen molar-refractivity contribution in [1.82, 2.24) is 4.90 Å². The van der Waals surface area contributed by atoms with Crippen LogP contribution in [0.5, 0.6) is 0 Å². The lowest BCUT2D eigenvalue weighted by Crippen LogP contribution is -2.53. The van der Waals surface area contributed by atoms with Crippen molar-refractivity contribution in [3.05, 3.63) is 0 Å². The van der Waals surface area contributed by atoms with E-state index >= 15 is 0 Å². The van der Waals surface area contributed by atoms with Crippen LogP contribution < -0.4 is 0 Å². The molecule has 2 aliphatic rings. The van der Waals surface area contributed by atoms with E-state index in [1.165, 1.54) is 6.42 Å². The molecule has 0 bridgehead atoms. The van der Waals surface area contributed by atoms with Gasteiger partial charge in [-0.15, -0.1) is 0 Å². The molecule has 1 saturated heterocycles. The van der Waals surface area contributed by atoms with Crippen LogP contribution in [0.4, 0.5) is 0 Å². The average Bonchev–Trinajstić information content (AvgIpc) is 2.32. The Morgan fingerprint density at radius 3 is 2.94 bits per heavy atom. The number of hydrogen-bond acceptors (Lipinski definition) is 3. The molecule has 1 heterocycles. The molecule has 1 aliphatic carbocycles. The smallest absolute Gasteiger partial charge is 0.0700 e. The van der Waals surface area contributed by atoms with Gasteiger partial charge >= 0.3 is 0 Å². The highest BCUT2D eigenvalue weighted by molar-refractivity contribution is 4.87. The maximum absolute atomic E-state index is 10.1. The van der Waals surface area contributed by atoms with Gasteiger partial charge in [-0.25, -0.2) is 0 Å². The molecule has 16 heavy (non-hydrogen) atoms. The van der Waals surface area contributed by atoms with Gasteiger partial charge in [0.25, 0.3) is 0 Å². The van der Waals surface area contributed by atoms with Gasteiger partial charge in [-0.05, 0) is 31.6 Å². The monoisotopic (exact) mass is 227 g/mol. The van der Waals surface area contributed by atoms with E-state index in [2.05, 4.69) is 18.7 Å². The zero-order chi connectivity index (χ0) is 11.5. The number of morpholine rings is 1. The molecule has 0 amide bonds. The normalized spacial score (nSPS) is 42.2. The van der Waals surface area contributed by atoms with E-state index in [0.29, 0.717) is 12.1 Å². The second kappa shape index (κ2) is 5.48. The molecular formula is C13H25NO2. The van der Waals surface area contributed by atoms with Crippen LogP contribution in [0.25, 0.3) is 0 Å². The van der Waals surface area contributed by atoms with Crippen LogP contribution in [0.15, 0.2) is 0 Å². The predicted octanol–water partition coefficient (Wildman–Crippen LogP) is 1.65. The topological polar surface area (TPSA) is 32.7 Å². The van der Waals surface area contributed by atoms with Crippen LogP contribution in [-0.4, -0.2) is 48.0 Å². The summed E-state index contributed by atoms with van der Waals surface area (Å²) in [5.74, 6) is 0.760. The van der Waals surface area contributed by atoms with Gasteiger partial charge in [-0.1, -0.05) is 13.8 Å². The number of aliphatic hydroxyl groups is 1. The molecule has 94 valence electrons. The molecule has 4 unspecified atom stereocenters. The number of rotatable bonds is 2. The molecule has 3 heteroatoms. The summed E-state index contributed by atoms with van der Waals surface area (Å²) in [7, 11) is 0. The minimum absolute atomic E-state index is 0.119. The SMILES string of the molecule is CCC1CN(C2CC(C)CCC2O)CCO1. The van der Waals surface area contributed by atoms with Crippen LogP contribution >= 0.6 is 0 Å². The molecular weight excluding hydrogens is 202 g/mol. The maximum atomic E-state index is 10.1. The largest absolute Gasteiger partial charge is 0.391 e. The lowest BCUT2D eigenvalue weighted by atomic mass is 9.84. The molecule has 0 aromatic carbocycles. The van der Waals surface area contributed by atoms with Crippen molar-refractivity contribution in [2.45, 2.75) is 57.8 Å². The molecule has 0 aromatic rings. The van der Waals surface area contributed by atoms with Gasteiger partial charge in [-0.2, -0.15) is 0 Å². The highest BCUT2D eigenvalue weighted by atomic mass is 16.5. The Bertz CT molecular complexity index is 222. The summed E-state index contributed by atoms with van der Waals surface area (Å²) in [5, 5.41) is 10.1. The van der Waals surface area contributed by atoms with Crippen LogP contribution in [0.3, 0.4) is 0 Å². The van der Waals surface area contributed by atoms with E-state index in [0.717, 1.165) is 44.9 Å². The third kappa shape index (κ3) is 2.76. The molecule has 0 spiro atoms. The fourth-order valence-electron chi connectivity index (χ4n) is 3.02. The Balaban J connectivity index is 1.94. The molecule has 0 aromatic heterocycles. The van der Waals surface area contributed by atoms with Crippen LogP contribution in [-0.2, 0) is 4.74 Å². The van der Waals surface area contributed by atoms with E-state index in [-0.39, 0.29) is 6.10 Å². The summed E-state index contributed by atoms with van der Waals surface area (Å²) in [4.78, 5) is 2.46. The lowest BCUT2D eigenvalue weighted by Gasteiger charge is -2.43. The van der Waals surface area contributed by atoms with Crippen molar-refractivity contribution < 1.29 is 9.84 Å². The Kier molecular flexibility index (Phi) is 4.22. The van der Waals surface area contributed by atoms with Gasteiger partial charge in [0, 0.05) is 19.1 Å². The molecule has 2 rings (SSSR count). The second-order valence-electron chi connectivity index (χ2n) is 5.45. The third-order valence-corrected chi connectivity index (χ3v) is 4.14. The fraction of sp³-hybridized carbons (Fsp3) is 1.00. The first-order valence-corrected chi connectivity index (χ1v) is 6.74. The summed E-state index contributed by atoms with van der Waals surface area (Å²) >= 11 is 0. The molecule has 1 N–H and O–H groups in total. The highest BCUT2D eigenvalue weighted by Gasteiger charge is 2.34. The van der Waals surface area contributed by atoms with Crippen molar-refractivity contribution in [3.8, 4) is 0 Å². The number of hydrogen-bond donors (Lipinski definition) is 1. The van der Waals surface area contributed by atoms with E-state index in [1.54, 1.807) is 0 Å². The van der Waals surface area contributed by atoms with E-state index in [4.69, 9.17) is 4.74 Å². The Labute approximate surface area is 98.8 Å². The first-order chi connectivity index (χ1) is 7.70. The van der Waals surface area contributed by atoms with Gasteiger partial charge in [0.05, 0.1) is 18.8 Å². The molecule has 2 fully saturated rings. The number of aliphatic hydroxyl groups excluding tert-OH is 1. The predicted molar refractivity (Wildman–Crippen MR) is 64.4 cm³/mol. The van der Waals surface area contributed by atoms with Crippen molar-refractivity contribution >= 4 is 0 Å². The lowest BCUT2D eigenvalue weighted by molar-refractivity contribution is -0.0787. The number of nitrogens with zero attached hydrogens (tertiary/aromatic N) is 1. The molecule has 0 radical (unpaired) electrons. The molecule has 1 saturated carbocycles. The summed E-state index contributed by atoms with van der Waals surface area (Å²) in [6.07, 6.45) is 4.64. The molecule has 4 atom stereocenters. The summed E-state index contributed by atoms with van der Waals surface area (Å²) in [6.45, 7) is 7.30. The van der Waals surface area contributed by atoms with Gasteiger partial charge in [-0.3, -0.25) is 4.90 Å². The summed E-state index contributed by atoms with van der Waals surface area (Å²) in [5.41, 5.74) is 0. The third-order valence-electron chi connectivity index (χ3n) is 4.14. The number of ether oxygens (including phenoxy) is 1. The minimum atomic E-state index is -0.119. The summed E-state index contributed by atoms with van der Waals surface area (Å²) in [6, 6.07) is 0.377. The minimum Gasteiger partial charge on any atom is -0.391 e. The first-order valence-electron chi connectivity index (χ1n) is 6.74. The Hall–Kier alpha value is -0.120. The highest BCUT2D eigenvalue weighted by Crippen LogP contribution is 2.29. The van der Waals surface area contributed by atoms with Crippen molar-refractivity contribution in [3.63, 3.8) is 0 Å². The molecule has 1 aliphatic heterocycles. The zero-order valence-corrected chi connectivity index (χ0v) is 10.6. The van der Waals surface area contributed by atoms with E-state index in [1.807, 2.05) is 0 Å².